The second-order valence-electron chi connectivity index (χ2n) is 4.78. The fourth-order valence-electron chi connectivity index (χ4n) is 1.78. The van der Waals surface area contributed by atoms with Crippen molar-refractivity contribution in [1.82, 2.24) is 9.88 Å². The fourth-order valence-corrected chi connectivity index (χ4v) is 2.05. The highest BCUT2D eigenvalue weighted by Gasteiger charge is 2.14. The van der Waals surface area contributed by atoms with Crippen molar-refractivity contribution in [3.63, 3.8) is 0 Å². The van der Waals surface area contributed by atoms with Gasteiger partial charge in [0.1, 0.15) is 11.4 Å². The summed E-state index contributed by atoms with van der Waals surface area (Å²) in [6.07, 6.45) is 1.68. The largest absolute Gasteiger partial charge is 0.482 e. The number of hydrogen-bond acceptors (Lipinski definition) is 5. The number of carbonyl (C=O) groups is 3. The molecule has 0 unspecified atom stereocenters. The second-order valence-corrected chi connectivity index (χ2v) is 5.70. The van der Waals surface area contributed by atoms with Crippen molar-refractivity contribution in [2.45, 2.75) is 0 Å². The monoisotopic (exact) mass is 394 g/mol. The van der Waals surface area contributed by atoms with Crippen molar-refractivity contribution in [2.24, 2.45) is 7.05 Å². The smallest absolute Gasteiger partial charge is 0.344 e. The van der Waals surface area contributed by atoms with Crippen LogP contribution in [0.3, 0.4) is 0 Å². The molecule has 0 aliphatic rings. The third-order valence-electron chi connectivity index (χ3n) is 2.96. The molecule has 2 rings (SSSR count). The lowest BCUT2D eigenvalue weighted by molar-refractivity contribution is -0.150. The number of esters is 1. The Morgan fingerprint density at radius 1 is 1.12 bits per heavy atom. The summed E-state index contributed by atoms with van der Waals surface area (Å²) in [5, 5.41) is 2.14. The number of nitrogens with zero attached hydrogens (tertiary/aromatic N) is 1. The lowest BCUT2D eigenvalue weighted by Gasteiger charge is -2.08. The van der Waals surface area contributed by atoms with Crippen LogP contribution in [-0.4, -0.2) is 35.6 Å². The Balaban J connectivity index is 1.71. The molecule has 0 aliphatic heterocycles. The van der Waals surface area contributed by atoms with Crippen molar-refractivity contribution in [2.75, 3.05) is 13.2 Å². The maximum absolute atomic E-state index is 11.8. The average molecular weight is 395 g/mol. The van der Waals surface area contributed by atoms with Gasteiger partial charge in [0.15, 0.2) is 13.2 Å². The molecule has 1 N–H and O–H groups in total. The molecule has 0 saturated carbocycles. The number of aromatic nitrogens is 1. The molecule has 7 nitrogen and oxygen atoms in total. The first-order chi connectivity index (χ1) is 11.5. The summed E-state index contributed by atoms with van der Waals surface area (Å²) in [5.74, 6) is -1.48. The number of benzene rings is 1. The third kappa shape index (κ3) is 5.24. The van der Waals surface area contributed by atoms with Gasteiger partial charge in [0, 0.05) is 17.7 Å². The summed E-state index contributed by atoms with van der Waals surface area (Å²) < 4.78 is 12.4. The molecule has 1 aromatic carbocycles. The maximum atomic E-state index is 11.8. The Kier molecular flexibility index (Phi) is 6.14. The fraction of sp³-hybridized carbons (Fsp3) is 0.188. The van der Waals surface area contributed by atoms with E-state index in [0.717, 1.165) is 4.47 Å². The quantitative estimate of drug-likeness (QED) is 0.752. The summed E-state index contributed by atoms with van der Waals surface area (Å²) >= 11 is 3.28. The van der Waals surface area contributed by atoms with E-state index < -0.39 is 24.4 Å². The van der Waals surface area contributed by atoms with E-state index >= 15 is 0 Å². The molecule has 0 saturated heterocycles. The van der Waals surface area contributed by atoms with E-state index in [2.05, 4.69) is 21.2 Å². The highest BCUT2D eigenvalue weighted by molar-refractivity contribution is 9.10. The second kappa shape index (κ2) is 8.30. The molecular weight excluding hydrogens is 380 g/mol. The minimum absolute atomic E-state index is 0.327. The third-order valence-corrected chi connectivity index (χ3v) is 3.49. The van der Waals surface area contributed by atoms with Gasteiger partial charge in [0.2, 0.25) is 0 Å². The van der Waals surface area contributed by atoms with Crippen molar-refractivity contribution < 1.29 is 23.9 Å². The molecule has 1 aromatic heterocycles. The van der Waals surface area contributed by atoms with Gasteiger partial charge in [0.05, 0.1) is 0 Å². The number of ether oxygens (including phenoxy) is 2. The Labute approximate surface area is 146 Å². The summed E-state index contributed by atoms with van der Waals surface area (Å²) in [5.41, 5.74) is 0.327. The highest BCUT2D eigenvalue weighted by Crippen LogP contribution is 2.15. The van der Waals surface area contributed by atoms with Gasteiger partial charge >= 0.3 is 5.97 Å². The van der Waals surface area contributed by atoms with Crippen LogP contribution in [0.25, 0.3) is 0 Å². The summed E-state index contributed by atoms with van der Waals surface area (Å²) in [6.45, 7) is -0.890. The molecule has 0 aliphatic carbocycles. The molecule has 126 valence electrons. The molecule has 2 aromatic rings. The zero-order valence-electron chi connectivity index (χ0n) is 12.8. The van der Waals surface area contributed by atoms with Crippen LogP contribution < -0.4 is 10.1 Å². The lowest BCUT2D eigenvalue weighted by atomic mass is 10.3. The first-order valence-corrected chi connectivity index (χ1v) is 7.74. The molecule has 0 radical (unpaired) electrons. The van der Waals surface area contributed by atoms with E-state index in [0.29, 0.717) is 11.4 Å². The van der Waals surface area contributed by atoms with Crippen LogP contribution in [-0.2, 0) is 21.4 Å². The van der Waals surface area contributed by atoms with Crippen molar-refractivity contribution in [1.29, 1.82) is 0 Å². The lowest BCUT2D eigenvalue weighted by Crippen LogP contribution is -2.35. The van der Waals surface area contributed by atoms with Crippen LogP contribution in [0.15, 0.2) is 47.1 Å². The SMILES string of the molecule is Cn1cccc1C(=O)NC(=O)COC(=O)COc1ccc(Br)cc1. The summed E-state index contributed by atoms with van der Waals surface area (Å²) in [7, 11) is 1.68. The average Bonchev–Trinajstić information content (AvgIpc) is 2.98. The molecule has 8 heteroatoms. The minimum atomic E-state index is -0.710. The number of halogens is 1. The number of hydrogen-bond donors (Lipinski definition) is 1. The zero-order chi connectivity index (χ0) is 17.5. The van der Waals surface area contributed by atoms with Gasteiger partial charge < -0.3 is 14.0 Å². The van der Waals surface area contributed by atoms with Gasteiger partial charge in [-0.15, -0.1) is 0 Å². The van der Waals surface area contributed by atoms with Gasteiger partial charge in [-0.3, -0.25) is 14.9 Å². The van der Waals surface area contributed by atoms with E-state index in [1.54, 1.807) is 54.2 Å². The van der Waals surface area contributed by atoms with Crippen LogP contribution in [0.1, 0.15) is 10.5 Å². The van der Waals surface area contributed by atoms with E-state index in [9.17, 15) is 14.4 Å². The molecular formula is C16H15BrN2O5. The molecule has 0 fully saturated rings. The van der Waals surface area contributed by atoms with Crippen LogP contribution >= 0.6 is 15.9 Å². The number of carbonyl (C=O) groups excluding carboxylic acids is 3. The normalized spacial score (nSPS) is 10.1. The van der Waals surface area contributed by atoms with E-state index in [1.807, 2.05) is 0 Å². The van der Waals surface area contributed by atoms with Crippen molar-refractivity contribution in [3.8, 4) is 5.75 Å². The molecule has 24 heavy (non-hydrogen) atoms. The number of imide groups is 1. The van der Waals surface area contributed by atoms with E-state index in [-0.39, 0.29) is 6.61 Å². The Morgan fingerprint density at radius 2 is 1.83 bits per heavy atom. The van der Waals surface area contributed by atoms with Gasteiger partial charge in [0.25, 0.3) is 11.8 Å². The maximum Gasteiger partial charge on any atom is 0.344 e. The first-order valence-electron chi connectivity index (χ1n) is 6.95. The first kappa shape index (κ1) is 17.7. The topological polar surface area (TPSA) is 86.6 Å². The van der Waals surface area contributed by atoms with Crippen LogP contribution in [0.2, 0.25) is 0 Å². The van der Waals surface area contributed by atoms with E-state index in [4.69, 9.17) is 9.47 Å². The standard InChI is InChI=1S/C16H15BrN2O5/c1-19-8-2-3-13(19)16(22)18-14(20)9-24-15(21)10-23-12-6-4-11(17)5-7-12/h2-8H,9-10H2,1H3,(H,18,20,22). The zero-order valence-corrected chi connectivity index (χ0v) is 14.4. The number of nitrogens with one attached hydrogen (secondary N) is 1. The van der Waals surface area contributed by atoms with Crippen LogP contribution in [0, 0.1) is 0 Å². The van der Waals surface area contributed by atoms with E-state index in [1.165, 1.54) is 0 Å². The Hall–Kier alpha value is -2.61. The van der Waals surface area contributed by atoms with Gasteiger partial charge in [-0.1, -0.05) is 15.9 Å². The van der Waals surface area contributed by atoms with Crippen LogP contribution in [0.5, 0.6) is 5.75 Å². The Morgan fingerprint density at radius 3 is 2.46 bits per heavy atom. The number of amides is 2. The van der Waals surface area contributed by atoms with Gasteiger partial charge in [-0.05, 0) is 36.4 Å². The summed E-state index contributed by atoms with van der Waals surface area (Å²) in [6, 6.07) is 10.2. The van der Waals surface area contributed by atoms with Crippen molar-refractivity contribution >= 4 is 33.7 Å². The Bertz CT molecular complexity index is 739. The molecule has 0 bridgehead atoms. The number of aryl methyl sites for hydroxylation is 1. The summed E-state index contributed by atoms with van der Waals surface area (Å²) in [4.78, 5) is 34.9. The predicted octanol–water partition coefficient (Wildman–Crippen LogP) is 1.67. The van der Waals surface area contributed by atoms with Crippen molar-refractivity contribution in [3.05, 3.63) is 52.8 Å². The minimum Gasteiger partial charge on any atom is -0.482 e. The molecule has 0 spiro atoms. The van der Waals surface area contributed by atoms with Gasteiger partial charge in [-0.2, -0.15) is 0 Å². The van der Waals surface area contributed by atoms with Crippen LogP contribution in [0.4, 0.5) is 0 Å². The number of rotatable bonds is 6. The molecule has 0 atom stereocenters. The highest BCUT2D eigenvalue weighted by atomic mass is 79.9. The molecule has 2 amide bonds. The predicted molar refractivity (Wildman–Crippen MR) is 88.5 cm³/mol. The molecule has 1 heterocycles. The van der Waals surface area contributed by atoms with Gasteiger partial charge in [-0.25, -0.2) is 4.79 Å².